The van der Waals surface area contributed by atoms with Gasteiger partial charge in [-0.25, -0.2) is 0 Å². The van der Waals surface area contributed by atoms with E-state index in [1.165, 1.54) is 6.42 Å². The van der Waals surface area contributed by atoms with E-state index in [-0.39, 0.29) is 0 Å². The van der Waals surface area contributed by atoms with Crippen LogP contribution in [0.3, 0.4) is 0 Å². The van der Waals surface area contributed by atoms with E-state index in [1.807, 2.05) is 0 Å². The molecule has 3 heteroatoms. The fourth-order valence-electron chi connectivity index (χ4n) is 2.12. The molecule has 0 aromatic heterocycles. The quantitative estimate of drug-likeness (QED) is 0.705. The van der Waals surface area contributed by atoms with Crippen LogP contribution in [0.2, 0.25) is 0 Å². The Kier molecular flexibility index (Phi) is 3.19. The first-order chi connectivity index (χ1) is 6.36. The third kappa shape index (κ3) is 2.42. The van der Waals surface area contributed by atoms with Crippen LogP contribution in [0.25, 0.3) is 0 Å². The minimum atomic E-state index is 0.578. The highest BCUT2D eigenvalue weighted by molar-refractivity contribution is 4.81. The zero-order valence-corrected chi connectivity index (χ0v) is 8.29. The van der Waals surface area contributed by atoms with E-state index in [4.69, 9.17) is 9.47 Å². The molecule has 0 radical (unpaired) electrons. The fraction of sp³-hybridized carbons (Fsp3) is 1.00. The molecule has 0 spiro atoms. The molecule has 76 valence electrons. The van der Waals surface area contributed by atoms with Crippen molar-refractivity contribution in [3.8, 4) is 0 Å². The predicted octanol–water partition coefficient (Wildman–Crippen LogP) is 0.790. The van der Waals surface area contributed by atoms with Gasteiger partial charge < -0.3 is 14.8 Å². The maximum absolute atomic E-state index is 5.37. The van der Waals surface area contributed by atoms with E-state index in [1.54, 1.807) is 0 Å². The van der Waals surface area contributed by atoms with Crippen LogP contribution >= 0.6 is 0 Å². The molecule has 0 aromatic carbocycles. The Morgan fingerprint density at radius 2 is 1.92 bits per heavy atom. The van der Waals surface area contributed by atoms with Crippen molar-refractivity contribution < 1.29 is 9.47 Å². The largest absolute Gasteiger partial charge is 0.381 e. The van der Waals surface area contributed by atoms with Crippen LogP contribution in [0.1, 0.15) is 19.8 Å². The summed E-state index contributed by atoms with van der Waals surface area (Å²) in [6.07, 6.45) is 2.37. The first kappa shape index (κ1) is 9.44. The predicted molar refractivity (Wildman–Crippen MR) is 50.7 cm³/mol. The molecule has 2 saturated heterocycles. The Balaban J connectivity index is 1.73. The van der Waals surface area contributed by atoms with E-state index >= 15 is 0 Å². The van der Waals surface area contributed by atoms with Gasteiger partial charge in [-0.05, 0) is 25.7 Å². The molecule has 0 amide bonds. The smallest absolute Gasteiger partial charge is 0.0620 e. The van der Waals surface area contributed by atoms with Gasteiger partial charge in [0.15, 0.2) is 0 Å². The van der Waals surface area contributed by atoms with Crippen molar-refractivity contribution >= 4 is 0 Å². The van der Waals surface area contributed by atoms with Crippen LogP contribution in [-0.2, 0) is 9.47 Å². The van der Waals surface area contributed by atoms with Gasteiger partial charge in [-0.15, -0.1) is 0 Å². The highest BCUT2D eigenvalue weighted by atomic mass is 16.5. The summed E-state index contributed by atoms with van der Waals surface area (Å²) in [6.45, 7) is 5.95. The molecule has 1 N–H and O–H groups in total. The summed E-state index contributed by atoms with van der Waals surface area (Å²) in [7, 11) is 0. The van der Waals surface area contributed by atoms with Crippen molar-refractivity contribution in [1.29, 1.82) is 0 Å². The molecule has 2 fully saturated rings. The van der Waals surface area contributed by atoms with Crippen molar-refractivity contribution in [3.05, 3.63) is 0 Å². The summed E-state index contributed by atoms with van der Waals surface area (Å²) in [4.78, 5) is 0. The van der Waals surface area contributed by atoms with Gasteiger partial charge in [0.05, 0.1) is 13.2 Å². The van der Waals surface area contributed by atoms with E-state index < -0.39 is 0 Å². The monoisotopic (exact) mass is 185 g/mol. The van der Waals surface area contributed by atoms with E-state index in [0.717, 1.165) is 32.8 Å². The van der Waals surface area contributed by atoms with Gasteiger partial charge in [0.25, 0.3) is 0 Å². The zero-order valence-electron chi connectivity index (χ0n) is 8.29. The molecule has 2 aliphatic rings. The minimum Gasteiger partial charge on any atom is -0.381 e. The van der Waals surface area contributed by atoms with E-state index in [0.29, 0.717) is 18.0 Å². The highest BCUT2D eigenvalue weighted by Gasteiger charge is 2.25. The number of ether oxygens (including phenoxy) is 2. The lowest BCUT2D eigenvalue weighted by Gasteiger charge is -2.22. The van der Waals surface area contributed by atoms with E-state index in [9.17, 15) is 0 Å². The highest BCUT2D eigenvalue weighted by Crippen LogP contribution is 2.17. The van der Waals surface area contributed by atoms with Crippen LogP contribution in [-0.4, -0.2) is 38.5 Å². The van der Waals surface area contributed by atoms with Crippen molar-refractivity contribution in [3.63, 3.8) is 0 Å². The Hall–Kier alpha value is -0.120. The van der Waals surface area contributed by atoms with Crippen molar-refractivity contribution in [2.24, 2.45) is 5.92 Å². The first-order valence-corrected chi connectivity index (χ1v) is 5.28. The van der Waals surface area contributed by atoms with Gasteiger partial charge in [-0.2, -0.15) is 0 Å². The van der Waals surface area contributed by atoms with Crippen LogP contribution in [0.4, 0.5) is 0 Å². The fourth-order valence-corrected chi connectivity index (χ4v) is 2.12. The van der Waals surface area contributed by atoms with Crippen LogP contribution in [0, 0.1) is 5.92 Å². The van der Waals surface area contributed by atoms with Gasteiger partial charge in [0.1, 0.15) is 0 Å². The van der Waals surface area contributed by atoms with Crippen molar-refractivity contribution in [2.75, 3.05) is 26.4 Å². The maximum Gasteiger partial charge on any atom is 0.0620 e. The molecule has 2 aliphatic heterocycles. The molecule has 3 atom stereocenters. The molecule has 0 aliphatic carbocycles. The van der Waals surface area contributed by atoms with Gasteiger partial charge in [-0.3, -0.25) is 0 Å². The van der Waals surface area contributed by atoms with Gasteiger partial charge in [0, 0.05) is 25.3 Å². The van der Waals surface area contributed by atoms with Crippen LogP contribution in [0.5, 0.6) is 0 Å². The number of hydrogen-bond acceptors (Lipinski definition) is 3. The summed E-state index contributed by atoms with van der Waals surface area (Å²) < 4.78 is 10.7. The summed E-state index contributed by atoms with van der Waals surface area (Å²) in [5.41, 5.74) is 0. The van der Waals surface area contributed by atoms with Crippen LogP contribution in [0.15, 0.2) is 0 Å². The number of rotatable bonds is 3. The Morgan fingerprint density at radius 1 is 1.15 bits per heavy atom. The average Bonchev–Trinajstić information content (AvgIpc) is 2.74. The topological polar surface area (TPSA) is 30.5 Å². The minimum absolute atomic E-state index is 0.578. The van der Waals surface area contributed by atoms with Gasteiger partial charge in [-0.1, -0.05) is 0 Å². The molecule has 0 bridgehead atoms. The maximum atomic E-state index is 5.37. The average molecular weight is 185 g/mol. The van der Waals surface area contributed by atoms with Gasteiger partial charge >= 0.3 is 0 Å². The third-order valence-electron chi connectivity index (χ3n) is 3.10. The molecule has 0 aromatic rings. The molecule has 13 heavy (non-hydrogen) atoms. The summed E-state index contributed by atoms with van der Waals surface area (Å²) in [5, 5.41) is 3.62. The second-order valence-electron chi connectivity index (χ2n) is 4.14. The van der Waals surface area contributed by atoms with Crippen molar-refractivity contribution in [2.45, 2.75) is 31.8 Å². The van der Waals surface area contributed by atoms with Crippen molar-refractivity contribution in [1.82, 2.24) is 5.32 Å². The molecule has 3 unspecified atom stereocenters. The summed E-state index contributed by atoms with van der Waals surface area (Å²) in [5.74, 6) is 0.709. The molecule has 2 rings (SSSR count). The Morgan fingerprint density at radius 3 is 2.54 bits per heavy atom. The number of hydrogen-bond donors (Lipinski definition) is 1. The molecule has 3 nitrogen and oxygen atoms in total. The second-order valence-corrected chi connectivity index (χ2v) is 4.14. The molecule has 0 saturated carbocycles. The Labute approximate surface area is 79.8 Å². The standard InChI is InChI=1S/C10H19NO2/c1-8(9-2-4-12-6-9)11-10-3-5-13-7-10/h8-11H,2-7H2,1H3. The number of nitrogens with one attached hydrogen (secondary N) is 1. The first-order valence-electron chi connectivity index (χ1n) is 5.28. The summed E-state index contributed by atoms with van der Waals surface area (Å²) in [6, 6.07) is 1.16. The van der Waals surface area contributed by atoms with Gasteiger partial charge in [0.2, 0.25) is 0 Å². The Bertz CT molecular complexity index is 151. The van der Waals surface area contributed by atoms with E-state index in [2.05, 4.69) is 12.2 Å². The summed E-state index contributed by atoms with van der Waals surface area (Å²) >= 11 is 0. The SMILES string of the molecule is CC(NC1CCOC1)C1CCOC1. The zero-order chi connectivity index (χ0) is 9.10. The molecule has 2 heterocycles. The van der Waals surface area contributed by atoms with Crippen LogP contribution < -0.4 is 5.32 Å². The second kappa shape index (κ2) is 4.40. The third-order valence-corrected chi connectivity index (χ3v) is 3.10. The normalized spacial score (nSPS) is 36.7. The lowest BCUT2D eigenvalue weighted by molar-refractivity contribution is 0.170. The lowest BCUT2D eigenvalue weighted by atomic mass is 10.00. The molecular weight excluding hydrogens is 166 g/mol. The molecular formula is C10H19NO2. The lowest BCUT2D eigenvalue weighted by Crippen LogP contribution is -2.41.